The number of rotatable bonds is 20. The average Bonchev–Trinajstić information content (AvgIpc) is 3.22. The minimum absolute atomic E-state index is 0.157. The largest absolute Gasteiger partial charge is 0.371 e. The van der Waals surface area contributed by atoms with E-state index in [4.69, 9.17) is 28.0 Å². The van der Waals surface area contributed by atoms with Crippen LogP contribution in [-0.4, -0.2) is 47.3 Å². The van der Waals surface area contributed by atoms with Crippen LogP contribution >= 0.6 is 8.53 Å². The van der Waals surface area contributed by atoms with Gasteiger partial charge in [0.2, 0.25) is 0 Å². The predicted molar refractivity (Wildman–Crippen MR) is 220 cm³/mol. The summed E-state index contributed by atoms with van der Waals surface area (Å²) < 4.78 is 44.3. The van der Waals surface area contributed by atoms with Crippen LogP contribution in [0.3, 0.4) is 0 Å². The molecule has 1 saturated carbocycles. The maximum Gasteiger partial charge on any atom is 0.260 e. The second-order valence-corrected chi connectivity index (χ2v) is 16.0. The third-order valence-corrected chi connectivity index (χ3v) is 11.7. The fourth-order valence-electron chi connectivity index (χ4n) is 6.97. The van der Waals surface area contributed by atoms with Gasteiger partial charge >= 0.3 is 0 Å². The summed E-state index contributed by atoms with van der Waals surface area (Å²) in [6.07, 6.45) is -1.80. The molecule has 0 N–H and O–H groups in total. The summed E-state index contributed by atoms with van der Waals surface area (Å²) in [6.45, 7) is 10.8. The number of benzene rings is 5. The van der Waals surface area contributed by atoms with Gasteiger partial charge in [0.1, 0.15) is 18.3 Å². The van der Waals surface area contributed by atoms with Gasteiger partial charge in [-0.15, -0.1) is 0 Å². The molecule has 0 saturated heterocycles. The van der Waals surface area contributed by atoms with E-state index in [1.54, 1.807) is 0 Å². The van der Waals surface area contributed by atoms with E-state index in [-0.39, 0.29) is 18.2 Å². The first-order chi connectivity index (χ1) is 26.9. The van der Waals surface area contributed by atoms with Crippen molar-refractivity contribution >= 4 is 8.53 Å². The molecule has 0 aromatic heterocycles. The lowest BCUT2D eigenvalue weighted by Gasteiger charge is -2.47. The van der Waals surface area contributed by atoms with Gasteiger partial charge in [-0.25, -0.2) is 4.67 Å². The Kier molecular flexibility index (Phi) is 16.0. The van der Waals surface area contributed by atoms with Crippen LogP contribution in [0.5, 0.6) is 0 Å². The fraction of sp³-hybridized carbons (Fsp3) is 0.362. The average molecular weight is 762 g/mol. The molecule has 8 heteroatoms. The molecular weight excluding hydrogens is 705 g/mol. The monoisotopic (exact) mass is 761 g/mol. The fourth-order valence-corrected chi connectivity index (χ4v) is 8.75. The molecule has 1 fully saturated rings. The molecule has 290 valence electrons. The Morgan fingerprint density at radius 3 is 1.15 bits per heavy atom. The minimum atomic E-state index is -1.59. The van der Waals surface area contributed by atoms with Crippen molar-refractivity contribution < 1.29 is 28.0 Å². The molecule has 0 heterocycles. The van der Waals surface area contributed by atoms with Crippen LogP contribution in [0.2, 0.25) is 0 Å². The van der Waals surface area contributed by atoms with Crippen molar-refractivity contribution in [2.24, 2.45) is 0 Å². The summed E-state index contributed by atoms with van der Waals surface area (Å²) in [5.74, 6) is 0. The van der Waals surface area contributed by atoms with E-state index in [0.29, 0.717) is 39.5 Å². The highest BCUT2D eigenvalue weighted by molar-refractivity contribution is 7.44. The van der Waals surface area contributed by atoms with Crippen LogP contribution in [-0.2, 0) is 61.0 Å². The second kappa shape index (κ2) is 21.5. The van der Waals surface area contributed by atoms with Crippen molar-refractivity contribution in [2.45, 2.75) is 110 Å². The Morgan fingerprint density at radius 1 is 0.436 bits per heavy atom. The van der Waals surface area contributed by atoms with Gasteiger partial charge in [-0.1, -0.05) is 152 Å². The molecule has 0 amide bonds. The maximum atomic E-state index is 7.38. The Balaban J connectivity index is 1.39. The van der Waals surface area contributed by atoms with Crippen molar-refractivity contribution in [2.75, 3.05) is 0 Å². The predicted octanol–water partition coefficient (Wildman–Crippen LogP) is 10.7. The van der Waals surface area contributed by atoms with Crippen LogP contribution in [0.1, 0.15) is 61.9 Å². The third kappa shape index (κ3) is 12.4. The molecule has 6 rings (SSSR count). The molecule has 0 aliphatic heterocycles. The van der Waals surface area contributed by atoms with Gasteiger partial charge in [-0.2, -0.15) is 0 Å². The van der Waals surface area contributed by atoms with Gasteiger partial charge in [-0.3, -0.25) is 0 Å². The van der Waals surface area contributed by atoms with Crippen molar-refractivity contribution in [1.82, 2.24) is 4.67 Å². The smallest absolute Gasteiger partial charge is 0.260 e. The van der Waals surface area contributed by atoms with Crippen LogP contribution in [0.4, 0.5) is 0 Å². The summed E-state index contributed by atoms with van der Waals surface area (Å²) >= 11 is 0. The van der Waals surface area contributed by atoms with E-state index in [1.807, 2.05) is 91.0 Å². The number of nitrogens with zero attached hydrogens (tertiary/aromatic N) is 1. The molecule has 0 radical (unpaired) electrons. The maximum absolute atomic E-state index is 7.38. The highest BCUT2D eigenvalue weighted by Crippen LogP contribution is 2.50. The lowest BCUT2D eigenvalue weighted by Crippen LogP contribution is -2.60. The van der Waals surface area contributed by atoms with Gasteiger partial charge in [0.25, 0.3) is 8.53 Å². The van der Waals surface area contributed by atoms with Crippen molar-refractivity contribution in [3.05, 3.63) is 179 Å². The Labute approximate surface area is 329 Å². The SMILES string of the molecule is CC(C)N(C(C)C)P(OCc1ccccc1)O[C@H]1[C@H](OCc2ccccc2)[C@@H](OCc2ccccc2)[C@H](OCc2ccccc2)C[C@H]1OCc1ccccc1. The highest BCUT2D eigenvalue weighted by atomic mass is 31.2. The number of hydrogen-bond donors (Lipinski definition) is 0. The first kappa shape index (κ1) is 40.9. The van der Waals surface area contributed by atoms with Crippen molar-refractivity contribution in [1.29, 1.82) is 0 Å². The molecule has 5 aromatic carbocycles. The van der Waals surface area contributed by atoms with E-state index in [1.165, 1.54) is 0 Å². The van der Waals surface area contributed by atoms with Crippen molar-refractivity contribution in [3.63, 3.8) is 0 Å². The molecule has 1 aliphatic carbocycles. The Bertz CT molecular complexity index is 1760. The van der Waals surface area contributed by atoms with Gasteiger partial charge in [0.15, 0.2) is 0 Å². The van der Waals surface area contributed by atoms with Gasteiger partial charge in [-0.05, 0) is 55.5 Å². The zero-order chi connectivity index (χ0) is 38.2. The third-order valence-electron chi connectivity index (χ3n) is 9.67. The lowest BCUT2D eigenvalue weighted by molar-refractivity contribution is -0.232. The van der Waals surface area contributed by atoms with E-state index in [0.717, 1.165) is 27.8 Å². The van der Waals surface area contributed by atoms with Crippen LogP contribution in [0.25, 0.3) is 0 Å². The summed E-state index contributed by atoms with van der Waals surface area (Å²) in [5, 5.41) is 0. The van der Waals surface area contributed by atoms with E-state index in [9.17, 15) is 0 Å². The molecule has 7 nitrogen and oxygen atoms in total. The summed E-state index contributed by atoms with van der Waals surface area (Å²) in [7, 11) is -1.59. The summed E-state index contributed by atoms with van der Waals surface area (Å²) in [6, 6.07) is 51.7. The first-order valence-electron chi connectivity index (χ1n) is 19.5. The first-order valence-corrected chi connectivity index (χ1v) is 20.6. The molecule has 1 unspecified atom stereocenters. The molecule has 1 aliphatic rings. The van der Waals surface area contributed by atoms with Gasteiger partial charge < -0.3 is 28.0 Å². The standard InChI is InChI=1S/C47H56NO6P/c1-36(2)48(37(3)4)55(53-35-42-28-18-9-19-29-42)54-46-44(50-32-39-22-12-6-13-23-39)30-43(49-31-38-20-10-5-11-21-38)45(51-33-40-24-14-7-15-25-40)47(46)52-34-41-26-16-8-17-27-41/h5-29,36-37,43-47H,30-35H2,1-4H3/t43-,44-,45+,46-,47-,55?/m1/s1. The topological polar surface area (TPSA) is 58.6 Å². The van der Waals surface area contributed by atoms with Crippen molar-refractivity contribution in [3.8, 4) is 0 Å². The highest BCUT2D eigenvalue weighted by Gasteiger charge is 2.50. The van der Waals surface area contributed by atoms with Gasteiger partial charge in [0.05, 0.1) is 45.2 Å². The van der Waals surface area contributed by atoms with E-state index >= 15 is 0 Å². The van der Waals surface area contributed by atoms with Gasteiger partial charge in [0, 0.05) is 18.5 Å². The molecular formula is C47H56NO6P. The molecule has 55 heavy (non-hydrogen) atoms. The van der Waals surface area contributed by atoms with Crippen LogP contribution in [0.15, 0.2) is 152 Å². The Morgan fingerprint density at radius 2 is 0.764 bits per heavy atom. The minimum Gasteiger partial charge on any atom is -0.371 e. The zero-order valence-electron chi connectivity index (χ0n) is 32.6. The summed E-state index contributed by atoms with van der Waals surface area (Å²) in [4.78, 5) is 0. The number of hydrogen-bond acceptors (Lipinski definition) is 7. The Hall–Kier alpha value is -3.75. The quantitative estimate of drug-likeness (QED) is 0.0732. The molecule has 6 atom stereocenters. The lowest BCUT2D eigenvalue weighted by atomic mass is 9.86. The van der Waals surface area contributed by atoms with E-state index < -0.39 is 32.9 Å². The zero-order valence-corrected chi connectivity index (χ0v) is 33.5. The van der Waals surface area contributed by atoms with Crippen LogP contribution < -0.4 is 0 Å². The molecule has 0 bridgehead atoms. The molecule has 0 spiro atoms. The van der Waals surface area contributed by atoms with E-state index in [2.05, 4.69) is 93.0 Å². The summed E-state index contributed by atoms with van der Waals surface area (Å²) in [5.41, 5.74) is 5.40. The second-order valence-electron chi connectivity index (χ2n) is 14.6. The molecule has 5 aromatic rings. The number of ether oxygens (including phenoxy) is 4. The normalized spacial score (nSPS) is 20.6. The van der Waals surface area contributed by atoms with Crippen LogP contribution in [0, 0.1) is 0 Å².